The highest BCUT2D eigenvalue weighted by Gasteiger charge is 2.59. The zero-order valence-corrected chi connectivity index (χ0v) is 32.8. The van der Waals surface area contributed by atoms with Crippen LogP contribution in [0.1, 0.15) is 145 Å². The molecular weight excluding hydrogens is 630 g/mol. The number of carbonyl (C=O) groups is 1. The number of aliphatic hydroxyl groups excluding tert-OH is 3. The van der Waals surface area contributed by atoms with Gasteiger partial charge in [0, 0.05) is 13.0 Å². The lowest BCUT2D eigenvalue weighted by molar-refractivity contribution is -0.323. The number of ether oxygens (including phenoxy) is 3. The molecule has 1 amide bonds. The summed E-state index contributed by atoms with van der Waals surface area (Å²) in [5.74, 6) is 5.26. The molecule has 0 aromatic rings. The summed E-state index contributed by atoms with van der Waals surface area (Å²) in [6.45, 7) is 18.8. The maximum atomic E-state index is 12.9. The first kappa shape index (κ1) is 40.0. The minimum absolute atomic E-state index is 0.0577. The zero-order valence-electron chi connectivity index (χ0n) is 32.8. The zero-order chi connectivity index (χ0) is 36.4. The molecule has 1 heterocycles. The lowest BCUT2D eigenvalue weighted by Gasteiger charge is -2.58. The second kappa shape index (κ2) is 16.4. The van der Waals surface area contributed by atoms with Crippen LogP contribution in [0.3, 0.4) is 0 Å². The molecule has 1 aliphatic heterocycles. The van der Waals surface area contributed by atoms with Crippen LogP contribution in [0.5, 0.6) is 0 Å². The summed E-state index contributed by atoms with van der Waals surface area (Å²) in [5.41, 5.74) is 1.27. The van der Waals surface area contributed by atoms with Crippen LogP contribution in [0.15, 0.2) is 11.6 Å². The van der Waals surface area contributed by atoms with E-state index in [1.165, 1.54) is 51.4 Å². The number of hydrogen-bond donors (Lipinski definition) is 4. The van der Waals surface area contributed by atoms with Gasteiger partial charge in [-0.2, -0.15) is 0 Å². The molecule has 5 rings (SSSR count). The average Bonchev–Trinajstić information content (AvgIpc) is 3.42. The molecule has 13 atom stereocenters. The van der Waals surface area contributed by atoms with Crippen molar-refractivity contribution in [2.45, 2.75) is 182 Å². The van der Waals surface area contributed by atoms with E-state index in [-0.39, 0.29) is 17.6 Å². The Morgan fingerprint density at radius 2 is 1.72 bits per heavy atom. The molecule has 1 saturated heterocycles. The fraction of sp³-hybridized carbons (Fsp3) is 0.929. The van der Waals surface area contributed by atoms with Crippen LogP contribution in [0.25, 0.3) is 0 Å². The second-order valence-corrected chi connectivity index (χ2v) is 18.7. The predicted octanol–water partition coefficient (Wildman–Crippen LogP) is 8.16. The predicted molar refractivity (Wildman–Crippen MR) is 197 cm³/mol. The molecule has 8 heteroatoms. The Morgan fingerprint density at radius 1 is 0.960 bits per heavy atom. The van der Waals surface area contributed by atoms with Crippen LogP contribution in [0, 0.1) is 52.3 Å². The van der Waals surface area contributed by atoms with Crippen molar-refractivity contribution < 1.29 is 34.3 Å². The molecule has 288 valence electrons. The van der Waals surface area contributed by atoms with Crippen molar-refractivity contribution in [2.75, 3.05) is 13.2 Å². The normalized spacial score (nSPS) is 40.6. The molecular formula is C42H73NO7. The highest BCUT2D eigenvalue weighted by Crippen LogP contribution is 2.67. The monoisotopic (exact) mass is 704 g/mol. The van der Waals surface area contributed by atoms with Crippen LogP contribution in [0.2, 0.25) is 0 Å². The van der Waals surface area contributed by atoms with E-state index < -0.39 is 30.2 Å². The molecule has 0 radical (unpaired) electrons. The van der Waals surface area contributed by atoms with Crippen molar-refractivity contribution in [1.82, 2.24) is 5.32 Å². The van der Waals surface area contributed by atoms with Gasteiger partial charge in [0.2, 0.25) is 0 Å². The van der Waals surface area contributed by atoms with Gasteiger partial charge in [-0.05, 0) is 124 Å². The molecule has 50 heavy (non-hydrogen) atoms. The van der Waals surface area contributed by atoms with Gasteiger partial charge >= 0.3 is 6.09 Å². The molecule has 4 aliphatic carbocycles. The van der Waals surface area contributed by atoms with E-state index in [1.807, 2.05) is 0 Å². The maximum Gasteiger partial charge on any atom is 0.407 e. The van der Waals surface area contributed by atoms with Crippen LogP contribution in [-0.2, 0) is 14.2 Å². The Morgan fingerprint density at radius 3 is 2.44 bits per heavy atom. The Balaban J connectivity index is 1.05. The first-order valence-corrected chi connectivity index (χ1v) is 20.6. The highest BCUT2D eigenvalue weighted by molar-refractivity contribution is 5.67. The number of alkyl carbamates (subject to hydrolysis) is 1. The fourth-order valence-corrected chi connectivity index (χ4v) is 11.6. The molecule has 4 fully saturated rings. The molecule has 3 saturated carbocycles. The summed E-state index contributed by atoms with van der Waals surface area (Å²) in [6, 6.07) is 0. The quantitative estimate of drug-likeness (QED) is 0.135. The summed E-state index contributed by atoms with van der Waals surface area (Å²) < 4.78 is 17.5. The average molecular weight is 704 g/mol. The number of amides is 1. The van der Waals surface area contributed by atoms with Gasteiger partial charge in [0.05, 0.1) is 12.2 Å². The topological polar surface area (TPSA) is 117 Å². The Kier molecular flexibility index (Phi) is 13.2. The first-order valence-electron chi connectivity index (χ1n) is 20.6. The smallest absolute Gasteiger partial charge is 0.407 e. The van der Waals surface area contributed by atoms with Gasteiger partial charge in [0.25, 0.3) is 0 Å². The van der Waals surface area contributed by atoms with Crippen LogP contribution in [-0.4, -0.2) is 70.9 Å². The van der Waals surface area contributed by atoms with E-state index in [4.69, 9.17) is 14.2 Å². The molecule has 0 bridgehead atoms. The van der Waals surface area contributed by atoms with Crippen molar-refractivity contribution in [2.24, 2.45) is 52.3 Å². The number of allylic oxidation sites excluding steroid dienone is 1. The SMILES string of the molecule is CCC(CCNC(=O)OC1CC[C@@]2(C)C(=CCC3C4CCC(C(C)CCCC(C)C)[C@@]4(C)CCC32)C1)CCOC1OC(C)(C)[C@@H](O)C(O)C1O. The second-order valence-electron chi connectivity index (χ2n) is 18.7. The van der Waals surface area contributed by atoms with Crippen LogP contribution < -0.4 is 5.32 Å². The molecule has 10 unspecified atom stereocenters. The third kappa shape index (κ3) is 8.45. The lowest BCUT2D eigenvalue weighted by Crippen LogP contribution is -2.62. The van der Waals surface area contributed by atoms with E-state index in [9.17, 15) is 20.1 Å². The summed E-state index contributed by atoms with van der Waals surface area (Å²) in [5, 5.41) is 33.6. The lowest BCUT2D eigenvalue weighted by atomic mass is 9.47. The third-order valence-corrected chi connectivity index (χ3v) is 14.8. The summed E-state index contributed by atoms with van der Waals surface area (Å²) in [6.07, 6.45) is 13.7. The Labute approximate surface area is 303 Å². The number of fused-ring (bicyclic) bond motifs is 5. The van der Waals surface area contributed by atoms with Gasteiger partial charge in [0.15, 0.2) is 6.29 Å². The van der Waals surface area contributed by atoms with Crippen molar-refractivity contribution >= 4 is 6.09 Å². The van der Waals surface area contributed by atoms with Gasteiger partial charge < -0.3 is 34.8 Å². The fourth-order valence-electron chi connectivity index (χ4n) is 11.6. The van der Waals surface area contributed by atoms with Gasteiger partial charge in [-0.15, -0.1) is 0 Å². The summed E-state index contributed by atoms with van der Waals surface area (Å²) in [4.78, 5) is 12.9. The molecule has 5 aliphatic rings. The van der Waals surface area contributed by atoms with Crippen LogP contribution >= 0.6 is 0 Å². The summed E-state index contributed by atoms with van der Waals surface area (Å²) >= 11 is 0. The third-order valence-electron chi connectivity index (χ3n) is 14.8. The first-order chi connectivity index (χ1) is 23.6. The van der Waals surface area contributed by atoms with E-state index in [2.05, 4.69) is 52.9 Å². The molecule has 0 aromatic carbocycles. The Bertz CT molecular complexity index is 1160. The van der Waals surface area contributed by atoms with Crippen molar-refractivity contribution in [3.8, 4) is 0 Å². The largest absolute Gasteiger partial charge is 0.446 e. The van der Waals surface area contributed by atoms with Gasteiger partial charge in [-0.3, -0.25) is 0 Å². The van der Waals surface area contributed by atoms with Gasteiger partial charge in [-0.25, -0.2) is 4.79 Å². The minimum Gasteiger partial charge on any atom is -0.446 e. The number of carbonyl (C=O) groups excluding carboxylic acids is 1. The highest BCUT2D eigenvalue weighted by atomic mass is 16.7. The number of hydrogen-bond acceptors (Lipinski definition) is 7. The number of rotatable bonds is 14. The van der Waals surface area contributed by atoms with Gasteiger partial charge in [0.1, 0.15) is 24.4 Å². The van der Waals surface area contributed by atoms with E-state index >= 15 is 0 Å². The summed E-state index contributed by atoms with van der Waals surface area (Å²) in [7, 11) is 0. The van der Waals surface area contributed by atoms with Gasteiger partial charge in [-0.1, -0.05) is 78.9 Å². The van der Waals surface area contributed by atoms with Crippen molar-refractivity contribution in [1.29, 1.82) is 0 Å². The van der Waals surface area contributed by atoms with E-state index in [0.29, 0.717) is 24.5 Å². The molecule has 8 nitrogen and oxygen atoms in total. The van der Waals surface area contributed by atoms with E-state index in [1.54, 1.807) is 19.4 Å². The molecule has 0 spiro atoms. The maximum absolute atomic E-state index is 12.9. The number of nitrogens with one attached hydrogen (secondary N) is 1. The standard InChI is InChI=1S/C42H73NO7/c1-9-28(20-24-48-38-36(45)35(44)37(46)40(5,6)50-38)19-23-43-39(47)49-30-17-21-41(7)29(25-30)13-14-31-33-16-15-32(27(4)12-10-11-26(2)3)42(33,8)22-18-34(31)41/h13,26-28,30-38,44-46H,9-12,14-25H2,1-8H3,(H,43,47)/t27?,28?,30?,31?,32?,33?,34?,35?,36?,37-,38?,41-,42+/m0/s1. The molecule has 4 N–H and O–H groups in total. The number of aliphatic hydroxyl groups is 3. The van der Waals surface area contributed by atoms with Crippen LogP contribution in [0.4, 0.5) is 4.79 Å². The Hall–Kier alpha value is -1.19. The van der Waals surface area contributed by atoms with Crippen molar-refractivity contribution in [3.63, 3.8) is 0 Å². The minimum atomic E-state index is -1.33. The van der Waals surface area contributed by atoms with Crippen molar-refractivity contribution in [3.05, 3.63) is 11.6 Å². The molecule has 0 aromatic heterocycles. The van der Waals surface area contributed by atoms with E-state index in [0.717, 1.165) is 74.0 Å².